The molecule has 0 bridgehead atoms. The number of pyridine rings is 1. The van der Waals surface area contributed by atoms with Crippen molar-refractivity contribution in [1.82, 2.24) is 15.2 Å². The van der Waals surface area contributed by atoms with Gasteiger partial charge in [-0.25, -0.2) is 4.98 Å². The minimum atomic E-state index is -0.251. The number of aryl methyl sites for hydroxylation is 2. The van der Waals surface area contributed by atoms with Crippen LogP contribution in [0.25, 0.3) is 22.4 Å². The second-order valence-electron chi connectivity index (χ2n) is 5.56. The highest BCUT2D eigenvalue weighted by atomic mass is 32.1. The lowest BCUT2D eigenvalue weighted by Crippen LogP contribution is -2.13. The molecule has 4 aromatic rings. The van der Waals surface area contributed by atoms with Crippen molar-refractivity contribution in [3.8, 4) is 11.5 Å². The van der Waals surface area contributed by atoms with E-state index < -0.39 is 0 Å². The second kappa shape index (κ2) is 6.10. The standard InChI is InChI=1S/C18H14N4O2S/c1-10-7-8-16(24-10)15-9-13(12-5-3-4-6-14(12)19-15)17(23)20-18-22-21-11(2)25-18/h3-9H,1-2H3,(H,20,22,23). The highest BCUT2D eigenvalue weighted by Crippen LogP contribution is 2.27. The first-order valence-electron chi connectivity index (χ1n) is 7.68. The summed E-state index contributed by atoms with van der Waals surface area (Å²) in [6.07, 6.45) is 0. The quantitative estimate of drug-likeness (QED) is 0.598. The van der Waals surface area contributed by atoms with Crippen molar-refractivity contribution in [2.45, 2.75) is 13.8 Å². The van der Waals surface area contributed by atoms with Gasteiger partial charge in [0.25, 0.3) is 5.91 Å². The third-order valence-corrected chi connectivity index (χ3v) is 4.45. The van der Waals surface area contributed by atoms with Crippen molar-refractivity contribution in [2.75, 3.05) is 5.32 Å². The molecule has 0 aliphatic rings. The number of aromatic nitrogens is 3. The summed E-state index contributed by atoms with van der Waals surface area (Å²) >= 11 is 1.33. The van der Waals surface area contributed by atoms with Crippen LogP contribution in [0.5, 0.6) is 0 Å². The van der Waals surface area contributed by atoms with E-state index in [4.69, 9.17) is 4.42 Å². The summed E-state index contributed by atoms with van der Waals surface area (Å²) < 4.78 is 5.66. The number of nitrogens with one attached hydrogen (secondary N) is 1. The number of benzene rings is 1. The summed E-state index contributed by atoms with van der Waals surface area (Å²) in [5.41, 5.74) is 1.86. The maximum Gasteiger partial charge on any atom is 0.258 e. The van der Waals surface area contributed by atoms with Gasteiger partial charge in [0, 0.05) is 5.39 Å². The number of fused-ring (bicyclic) bond motifs is 1. The number of para-hydroxylation sites is 1. The Morgan fingerprint density at radius 2 is 1.96 bits per heavy atom. The zero-order valence-corrected chi connectivity index (χ0v) is 14.4. The van der Waals surface area contributed by atoms with E-state index in [1.54, 1.807) is 6.07 Å². The van der Waals surface area contributed by atoms with Crippen LogP contribution in [0.3, 0.4) is 0 Å². The largest absolute Gasteiger partial charge is 0.460 e. The van der Waals surface area contributed by atoms with Gasteiger partial charge in [0.1, 0.15) is 16.5 Å². The highest BCUT2D eigenvalue weighted by Gasteiger charge is 2.16. The van der Waals surface area contributed by atoms with Gasteiger partial charge in [-0.3, -0.25) is 10.1 Å². The van der Waals surface area contributed by atoms with Crippen LogP contribution in [-0.2, 0) is 0 Å². The summed E-state index contributed by atoms with van der Waals surface area (Å²) in [6, 6.07) is 13.0. The molecule has 0 atom stereocenters. The molecule has 0 fully saturated rings. The van der Waals surface area contributed by atoms with Gasteiger partial charge in [0.05, 0.1) is 11.1 Å². The van der Waals surface area contributed by atoms with Gasteiger partial charge in [-0.2, -0.15) is 0 Å². The summed E-state index contributed by atoms with van der Waals surface area (Å²) in [5, 5.41) is 12.7. The zero-order chi connectivity index (χ0) is 17.4. The Morgan fingerprint density at radius 1 is 1.12 bits per heavy atom. The van der Waals surface area contributed by atoms with Crippen molar-refractivity contribution in [3.05, 3.63) is 58.8 Å². The maximum absolute atomic E-state index is 12.8. The number of nitrogens with zero attached hydrogens (tertiary/aromatic N) is 3. The molecule has 1 aromatic carbocycles. The zero-order valence-electron chi connectivity index (χ0n) is 13.6. The lowest BCUT2D eigenvalue weighted by atomic mass is 10.1. The number of hydrogen-bond acceptors (Lipinski definition) is 6. The van der Waals surface area contributed by atoms with Crippen LogP contribution in [0.2, 0.25) is 0 Å². The summed E-state index contributed by atoms with van der Waals surface area (Å²) in [4.78, 5) is 17.4. The number of anilines is 1. The molecule has 25 heavy (non-hydrogen) atoms. The molecule has 0 saturated heterocycles. The molecule has 0 spiro atoms. The fourth-order valence-corrected chi connectivity index (χ4v) is 3.16. The van der Waals surface area contributed by atoms with Crippen molar-refractivity contribution in [1.29, 1.82) is 0 Å². The van der Waals surface area contributed by atoms with Crippen LogP contribution in [0.1, 0.15) is 21.1 Å². The molecule has 0 aliphatic heterocycles. The Hall–Kier alpha value is -3.06. The molecule has 124 valence electrons. The number of carbonyl (C=O) groups is 1. The van der Waals surface area contributed by atoms with E-state index >= 15 is 0 Å². The molecular formula is C18H14N4O2S. The summed E-state index contributed by atoms with van der Waals surface area (Å²) in [5.74, 6) is 1.17. The Labute approximate surface area is 147 Å². The molecule has 1 amide bonds. The van der Waals surface area contributed by atoms with E-state index in [0.717, 1.165) is 21.7 Å². The number of furan rings is 1. The number of carbonyl (C=O) groups excluding carboxylic acids is 1. The predicted molar refractivity (Wildman–Crippen MR) is 96.8 cm³/mol. The van der Waals surface area contributed by atoms with Crippen LogP contribution < -0.4 is 5.32 Å². The van der Waals surface area contributed by atoms with Gasteiger partial charge in [-0.15, -0.1) is 10.2 Å². The van der Waals surface area contributed by atoms with Crippen LogP contribution in [-0.4, -0.2) is 21.1 Å². The van der Waals surface area contributed by atoms with Gasteiger partial charge < -0.3 is 4.42 Å². The average molecular weight is 350 g/mol. The lowest BCUT2D eigenvalue weighted by molar-refractivity contribution is 0.102. The molecule has 7 heteroatoms. The fourth-order valence-electron chi connectivity index (χ4n) is 2.57. The SMILES string of the molecule is Cc1ccc(-c2cc(C(=O)Nc3nnc(C)s3)c3ccccc3n2)o1. The highest BCUT2D eigenvalue weighted by molar-refractivity contribution is 7.15. The Balaban J connectivity index is 1.82. The third-order valence-electron chi connectivity index (χ3n) is 3.70. The van der Waals surface area contributed by atoms with Gasteiger partial charge in [0.2, 0.25) is 5.13 Å². The number of amides is 1. The summed E-state index contributed by atoms with van der Waals surface area (Å²) in [6.45, 7) is 3.71. The molecule has 4 rings (SSSR count). The molecule has 6 nitrogen and oxygen atoms in total. The molecule has 3 aromatic heterocycles. The third kappa shape index (κ3) is 3.01. The smallest absolute Gasteiger partial charge is 0.258 e. The van der Waals surface area contributed by atoms with E-state index in [9.17, 15) is 4.79 Å². The van der Waals surface area contributed by atoms with Crippen molar-refractivity contribution in [3.63, 3.8) is 0 Å². The van der Waals surface area contributed by atoms with E-state index in [1.807, 2.05) is 50.2 Å². The molecule has 0 radical (unpaired) electrons. The van der Waals surface area contributed by atoms with Crippen LogP contribution in [0.4, 0.5) is 5.13 Å². The molecule has 0 unspecified atom stereocenters. The van der Waals surface area contributed by atoms with Gasteiger partial charge in [-0.05, 0) is 38.1 Å². The van der Waals surface area contributed by atoms with Gasteiger partial charge in [-0.1, -0.05) is 29.5 Å². The maximum atomic E-state index is 12.8. The molecule has 1 N–H and O–H groups in total. The predicted octanol–water partition coefficient (Wildman–Crippen LogP) is 4.22. The average Bonchev–Trinajstić information content (AvgIpc) is 3.22. The minimum absolute atomic E-state index is 0.251. The molecule has 0 saturated carbocycles. The van der Waals surface area contributed by atoms with Crippen molar-refractivity contribution < 1.29 is 9.21 Å². The normalized spacial score (nSPS) is 11.0. The van der Waals surface area contributed by atoms with Crippen molar-refractivity contribution in [2.24, 2.45) is 0 Å². The number of rotatable bonds is 3. The molecule has 3 heterocycles. The van der Waals surface area contributed by atoms with E-state index in [-0.39, 0.29) is 5.91 Å². The van der Waals surface area contributed by atoms with E-state index in [0.29, 0.717) is 22.1 Å². The van der Waals surface area contributed by atoms with Gasteiger partial charge in [0.15, 0.2) is 5.76 Å². The molecular weight excluding hydrogens is 336 g/mol. The van der Waals surface area contributed by atoms with E-state index in [2.05, 4.69) is 20.5 Å². The minimum Gasteiger partial charge on any atom is -0.460 e. The Kier molecular flexibility index (Phi) is 3.77. The van der Waals surface area contributed by atoms with E-state index in [1.165, 1.54) is 11.3 Å². The van der Waals surface area contributed by atoms with Gasteiger partial charge >= 0.3 is 0 Å². The monoisotopic (exact) mass is 350 g/mol. The first kappa shape index (κ1) is 15.5. The molecule has 0 aliphatic carbocycles. The second-order valence-corrected chi connectivity index (χ2v) is 6.74. The van der Waals surface area contributed by atoms with Crippen LogP contribution >= 0.6 is 11.3 Å². The lowest BCUT2D eigenvalue weighted by Gasteiger charge is -2.08. The first-order chi connectivity index (χ1) is 12.1. The topological polar surface area (TPSA) is 80.9 Å². The fraction of sp³-hybridized carbons (Fsp3) is 0.111. The first-order valence-corrected chi connectivity index (χ1v) is 8.50. The van der Waals surface area contributed by atoms with Crippen LogP contribution in [0.15, 0.2) is 46.9 Å². The van der Waals surface area contributed by atoms with Crippen LogP contribution in [0, 0.1) is 13.8 Å². The Bertz CT molecular complexity index is 1080. The van der Waals surface area contributed by atoms with Crippen molar-refractivity contribution >= 4 is 33.3 Å². The summed E-state index contributed by atoms with van der Waals surface area (Å²) in [7, 11) is 0. The Morgan fingerprint density at radius 3 is 2.68 bits per heavy atom. The number of hydrogen-bond donors (Lipinski definition) is 1.